The minimum Gasteiger partial charge on any atom is -0.478 e. The van der Waals surface area contributed by atoms with Crippen LogP contribution in [0.2, 0.25) is 0 Å². The van der Waals surface area contributed by atoms with E-state index in [2.05, 4.69) is 0 Å². The van der Waals surface area contributed by atoms with Gasteiger partial charge >= 0.3 is 5.97 Å². The molecule has 2 aromatic rings. The molecule has 0 atom stereocenters. The fraction of sp³-hybridized carbons (Fsp3) is 0.0833. The molecule has 0 aliphatic rings. The average Bonchev–Trinajstić information content (AvgIpc) is 2.27. The Morgan fingerprint density at radius 2 is 1.75 bits per heavy atom. The molecule has 2 aromatic carbocycles. The van der Waals surface area contributed by atoms with E-state index in [0.29, 0.717) is 5.39 Å². The molecule has 0 bridgehead atoms. The van der Waals surface area contributed by atoms with Gasteiger partial charge in [0.1, 0.15) is 0 Å². The Balaban J connectivity index is 2.61. The molecule has 0 saturated heterocycles. The van der Waals surface area contributed by atoms with Crippen molar-refractivity contribution in [1.29, 1.82) is 0 Å². The number of halogens is 2. The van der Waals surface area contributed by atoms with Crippen LogP contribution in [0.15, 0.2) is 36.4 Å². The second-order valence-electron chi connectivity index (χ2n) is 3.43. The highest BCUT2D eigenvalue weighted by atomic mass is 19.3. The number of aromatic carboxylic acids is 1. The van der Waals surface area contributed by atoms with Gasteiger partial charge in [-0.3, -0.25) is 0 Å². The van der Waals surface area contributed by atoms with Gasteiger partial charge in [-0.25, -0.2) is 13.6 Å². The largest absolute Gasteiger partial charge is 0.478 e. The van der Waals surface area contributed by atoms with Crippen LogP contribution in [0.4, 0.5) is 8.78 Å². The third-order valence-corrected chi connectivity index (χ3v) is 2.36. The average molecular weight is 222 g/mol. The number of alkyl halides is 2. The minimum absolute atomic E-state index is 0.0962. The molecule has 0 heterocycles. The van der Waals surface area contributed by atoms with E-state index in [1.807, 2.05) is 0 Å². The molecule has 0 spiro atoms. The van der Waals surface area contributed by atoms with Gasteiger partial charge in [0.25, 0.3) is 6.43 Å². The van der Waals surface area contributed by atoms with Crippen LogP contribution >= 0.6 is 0 Å². The molecule has 0 unspecified atom stereocenters. The van der Waals surface area contributed by atoms with Crippen LogP contribution in [0.25, 0.3) is 10.8 Å². The highest BCUT2D eigenvalue weighted by Crippen LogP contribution is 2.24. The molecule has 16 heavy (non-hydrogen) atoms. The molecule has 2 nitrogen and oxygen atoms in total. The van der Waals surface area contributed by atoms with Crippen LogP contribution < -0.4 is 0 Å². The molecule has 1 N–H and O–H groups in total. The van der Waals surface area contributed by atoms with Crippen molar-refractivity contribution in [2.24, 2.45) is 0 Å². The first-order chi connectivity index (χ1) is 7.58. The first kappa shape index (κ1) is 10.5. The number of carboxylic acids is 1. The van der Waals surface area contributed by atoms with Gasteiger partial charge < -0.3 is 5.11 Å². The van der Waals surface area contributed by atoms with Crippen molar-refractivity contribution in [3.63, 3.8) is 0 Å². The summed E-state index contributed by atoms with van der Waals surface area (Å²) in [6.07, 6.45) is -2.54. The van der Waals surface area contributed by atoms with Crippen LogP contribution in [0, 0.1) is 0 Å². The van der Waals surface area contributed by atoms with Gasteiger partial charge in [-0.15, -0.1) is 0 Å². The highest BCUT2D eigenvalue weighted by molar-refractivity contribution is 5.94. The number of rotatable bonds is 2. The van der Waals surface area contributed by atoms with Gasteiger partial charge in [0.15, 0.2) is 0 Å². The van der Waals surface area contributed by atoms with E-state index in [1.54, 1.807) is 12.1 Å². The van der Waals surface area contributed by atoms with Crippen molar-refractivity contribution in [2.75, 3.05) is 0 Å². The summed E-state index contributed by atoms with van der Waals surface area (Å²) in [5, 5.41) is 10.0. The van der Waals surface area contributed by atoms with E-state index in [-0.39, 0.29) is 11.1 Å². The smallest absolute Gasteiger partial charge is 0.335 e. The summed E-state index contributed by atoms with van der Waals surface area (Å²) >= 11 is 0. The second-order valence-corrected chi connectivity index (χ2v) is 3.43. The van der Waals surface area contributed by atoms with Crippen molar-refractivity contribution in [3.05, 3.63) is 47.5 Å². The molecular formula is C12H8F2O2. The Morgan fingerprint density at radius 1 is 1.06 bits per heavy atom. The Hall–Kier alpha value is -1.97. The zero-order valence-electron chi connectivity index (χ0n) is 8.15. The number of carboxylic acid groups (broad SMARTS) is 1. The molecule has 0 radical (unpaired) electrons. The number of benzene rings is 2. The maximum Gasteiger partial charge on any atom is 0.335 e. The molecule has 0 fully saturated rings. The van der Waals surface area contributed by atoms with E-state index in [4.69, 9.17) is 5.11 Å². The Bertz CT molecular complexity index is 550. The third-order valence-electron chi connectivity index (χ3n) is 2.36. The molecule has 0 amide bonds. The highest BCUT2D eigenvalue weighted by Gasteiger charge is 2.08. The first-order valence-corrected chi connectivity index (χ1v) is 4.63. The standard InChI is InChI=1S/C12H8F2O2/c13-11(14)8-3-1-7-2-4-9(12(15)16)6-10(7)5-8/h1-6,11H,(H,15,16). The zero-order valence-corrected chi connectivity index (χ0v) is 8.15. The van der Waals surface area contributed by atoms with E-state index in [0.717, 1.165) is 5.39 Å². The number of fused-ring (bicyclic) bond motifs is 1. The topological polar surface area (TPSA) is 37.3 Å². The molecule has 0 aromatic heterocycles. The lowest BCUT2D eigenvalue weighted by molar-refractivity contribution is 0.0697. The van der Waals surface area contributed by atoms with Crippen molar-refractivity contribution in [3.8, 4) is 0 Å². The maximum absolute atomic E-state index is 12.4. The summed E-state index contributed by atoms with van der Waals surface area (Å²) in [6.45, 7) is 0. The van der Waals surface area contributed by atoms with E-state index >= 15 is 0 Å². The lowest BCUT2D eigenvalue weighted by atomic mass is 10.0. The second kappa shape index (κ2) is 3.89. The summed E-state index contributed by atoms with van der Waals surface area (Å²) < 4.78 is 24.9. The van der Waals surface area contributed by atoms with E-state index in [1.165, 1.54) is 24.3 Å². The Morgan fingerprint density at radius 3 is 2.38 bits per heavy atom. The monoisotopic (exact) mass is 222 g/mol. The number of carbonyl (C=O) groups is 1. The normalized spacial score (nSPS) is 10.9. The van der Waals surface area contributed by atoms with Gasteiger partial charge in [-0.05, 0) is 29.0 Å². The fourth-order valence-electron chi connectivity index (χ4n) is 1.53. The molecule has 0 saturated carbocycles. The number of hydrogen-bond acceptors (Lipinski definition) is 1. The SMILES string of the molecule is O=C(O)c1ccc2ccc(C(F)F)cc2c1. The van der Waals surface area contributed by atoms with Gasteiger partial charge in [-0.1, -0.05) is 18.2 Å². The lowest BCUT2D eigenvalue weighted by Crippen LogP contribution is -1.95. The molecule has 0 aliphatic heterocycles. The van der Waals surface area contributed by atoms with Gasteiger partial charge in [0.2, 0.25) is 0 Å². The Labute approximate surface area is 90.1 Å². The lowest BCUT2D eigenvalue weighted by Gasteiger charge is -2.03. The Kier molecular flexibility index (Phi) is 2.56. The van der Waals surface area contributed by atoms with Crippen molar-refractivity contribution >= 4 is 16.7 Å². The third kappa shape index (κ3) is 1.86. The predicted molar refractivity (Wildman–Crippen MR) is 55.9 cm³/mol. The molecule has 0 aliphatic carbocycles. The van der Waals surface area contributed by atoms with Crippen LogP contribution in [0.3, 0.4) is 0 Å². The molecular weight excluding hydrogens is 214 g/mol. The van der Waals surface area contributed by atoms with Crippen molar-refractivity contribution in [2.45, 2.75) is 6.43 Å². The molecule has 4 heteroatoms. The summed E-state index contributed by atoms with van der Waals surface area (Å²) in [5.74, 6) is -1.07. The maximum atomic E-state index is 12.4. The van der Waals surface area contributed by atoms with Crippen LogP contribution in [0.1, 0.15) is 22.3 Å². The molecule has 2 rings (SSSR count). The number of hydrogen-bond donors (Lipinski definition) is 1. The zero-order chi connectivity index (χ0) is 11.7. The van der Waals surface area contributed by atoms with Crippen molar-refractivity contribution in [1.82, 2.24) is 0 Å². The van der Waals surface area contributed by atoms with Crippen LogP contribution in [-0.4, -0.2) is 11.1 Å². The van der Waals surface area contributed by atoms with E-state index < -0.39 is 12.4 Å². The van der Waals surface area contributed by atoms with E-state index in [9.17, 15) is 13.6 Å². The summed E-state index contributed by atoms with van der Waals surface area (Å²) in [6, 6.07) is 8.66. The molecule has 82 valence electrons. The van der Waals surface area contributed by atoms with Crippen molar-refractivity contribution < 1.29 is 18.7 Å². The fourth-order valence-corrected chi connectivity index (χ4v) is 1.53. The first-order valence-electron chi connectivity index (χ1n) is 4.63. The van der Waals surface area contributed by atoms with Gasteiger partial charge in [-0.2, -0.15) is 0 Å². The predicted octanol–water partition coefficient (Wildman–Crippen LogP) is 3.48. The summed E-state index contributed by atoms with van der Waals surface area (Å²) in [7, 11) is 0. The summed E-state index contributed by atoms with van der Waals surface area (Å²) in [4.78, 5) is 10.7. The van der Waals surface area contributed by atoms with Gasteiger partial charge in [0, 0.05) is 5.56 Å². The quantitative estimate of drug-likeness (QED) is 0.844. The minimum atomic E-state index is -2.54. The summed E-state index contributed by atoms with van der Waals surface area (Å²) in [5.41, 5.74) is -0.00560. The van der Waals surface area contributed by atoms with Crippen LogP contribution in [-0.2, 0) is 0 Å². The van der Waals surface area contributed by atoms with Crippen LogP contribution in [0.5, 0.6) is 0 Å². The van der Waals surface area contributed by atoms with Gasteiger partial charge in [0.05, 0.1) is 5.56 Å².